The molecule has 0 spiro atoms. The molecule has 2 nitrogen and oxygen atoms in total. The van der Waals surface area contributed by atoms with Crippen molar-refractivity contribution < 1.29 is 0 Å². The van der Waals surface area contributed by atoms with Crippen LogP contribution in [0.25, 0.3) is 0 Å². The van der Waals surface area contributed by atoms with Crippen LogP contribution < -0.4 is 5.32 Å². The van der Waals surface area contributed by atoms with Crippen molar-refractivity contribution in [3.63, 3.8) is 0 Å². The van der Waals surface area contributed by atoms with Gasteiger partial charge < -0.3 is 5.32 Å². The molecule has 2 heteroatoms. The Balaban J connectivity index is 1.92. The fourth-order valence-corrected chi connectivity index (χ4v) is 2.58. The fourth-order valence-electron chi connectivity index (χ4n) is 2.58. The lowest BCUT2D eigenvalue weighted by molar-refractivity contribution is 0.373. The first-order valence-corrected chi connectivity index (χ1v) is 6.54. The molecule has 0 aromatic heterocycles. The van der Waals surface area contributed by atoms with E-state index in [1.807, 2.05) is 18.2 Å². The molecule has 90 valence electrons. The monoisotopic (exact) mass is 228 g/mol. The molecule has 0 unspecified atom stereocenters. The highest BCUT2D eigenvalue weighted by Crippen LogP contribution is 2.24. The average molecular weight is 228 g/mol. The van der Waals surface area contributed by atoms with Crippen LogP contribution in [-0.4, -0.2) is 6.54 Å². The molecule has 1 aliphatic rings. The van der Waals surface area contributed by atoms with E-state index in [-0.39, 0.29) is 0 Å². The molecule has 1 aliphatic carbocycles. The molecule has 0 radical (unpaired) electrons. The summed E-state index contributed by atoms with van der Waals surface area (Å²) >= 11 is 0. The highest BCUT2D eigenvalue weighted by molar-refractivity contribution is 5.54. The van der Waals surface area contributed by atoms with Gasteiger partial charge in [0.25, 0.3) is 0 Å². The second kappa shape index (κ2) is 5.72. The summed E-state index contributed by atoms with van der Waals surface area (Å²) in [6.07, 6.45) is 6.91. The molecule has 1 aromatic carbocycles. The van der Waals surface area contributed by atoms with Crippen LogP contribution in [0.15, 0.2) is 18.2 Å². The number of benzene rings is 1. The third-order valence-electron chi connectivity index (χ3n) is 3.66. The predicted octanol–water partition coefficient (Wildman–Crippen LogP) is 3.86. The first kappa shape index (κ1) is 12.0. The van der Waals surface area contributed by atoms with Crippen molar-refractivity contribution in [2.75, 3.05) is 11.9 Å². The smallest absolute Gasteiger partial charge is 0.0991 e. The highest BCUT2D eigenvalue weighted by Gasteiger charge is 2.13. The lowest BCUT2D eigenvalue weighted by atomic mass is 9.89. The molecule has 0 amide bonds. The van der Waals surface area contributed by atoms with E-state index in [2.05, 4.69) is 18.3 Å². The van der Waals surface area contributed by atoms with Crippen LogP contribution in [0.1, 0.15) is 43.2 Å². The van der Waals surface area contributed by atoms with Gasteiger partial charge in [-0.3, -0.25) is 0 Å². The largest absolute Gasteiger partial charge is 0.385 e. The Kier molecular flexibility index (Phi) is 4.03. The number of nitriles is 1. The van der Waals surface area contributed by atoms with Gasteiger partial charge in [0.2, 0.25) is 0 Å². The van der Waals surface area contributed by atoms with Gasteiger partial charge >= 0.3 is 0 Å². The standard InChI is InChI=1S/C15H20N2/c1-12-9-14(10-16)7-8-15(12)17-11-13-5-3-2-4-6-13/h7-9,13,17H,2-6,11H2,1H3. The lowest BCUT2D eigenvalue weighted by Gasteiger charge is -2.22. The van der Waals surface area contributed by atoms with E-state index in [4.69, 9.17) is 5.26 Å². The normalized spacial score (nSPS) is 16.5. The molecule has 1 fully saturated rings. The number of hydrogen-bond acceptors (Lipinski definition) is 2. The average Bonchev–Trinajstić information content (AvgIpc) is 2.38. The number of aryl methyl sites for hydroxylation is 1. The molecule has 0 bridgehead atoms. The van der Waals surface area contributed by atoms with Gasteiger partial charge in [0.05, 0.1) is 11.6 Å². The number of nitrogens with one attached hydrogen (secondary N) is 1. The zero-order valence-electron chi connectivity index (χ0n) is 10.5. The van der Waals surface area contributed by atoms with Gasteiger partial charge in [-0.15, -0.1) is 0 Å². The predicted molar refractivity (Wildman–Crippen MR) is 71.0 cm³/mol. The van der Waals surface area contributed by atoms with Gasteiger partial charge in [-0.2, -0.15) is 5.26 Å². The second-order valence-corrected chi connectivity index (χ2v) is 5.03. The van der Waals surface area contributed by atoms with Crippen LogP contribution in [0, 0.1) is 24.2 Å². The van der Waals surface area contributed by atoms with E-state index in [1.165, 1.54) is 43.4 Å². The molecule has 17 heavy (non-hydrogen) atoms. The molecule has 0 aliphatic heterocycles. The molecule has 0 heterocycles. The molecule has 1 aromatic rings. The van der Waals surface area contributed by atoms with Crippen LogP contribution in [-0.2, 0) is 0 Å². The van der Waals surface area contributed by atoms with Crippen molar-refractivity contribution in [3.05, 3.63) is 29.3 Å². The van der Waals surface area contributed by atoms with Gasteiger partial charge in [-0.1, -0.05) is 19.3 Å². The lowest BCUT2D eigenvalue weighted by Crippen LogP contribution is -2.17. The van der Waals surface area contributed by atoms with Crippen LogP contribution in [0.4, 0.5) is 5.69 Å². The third kappa shape index (κ3) is 3.23. The van der Waals surface area contributed by atoms with Crippen molar-refractivity contribution in [1.82, 2.24) is 0 Å². The number of hydrogen-bond donors (Lipinski definition) is 1. The molecule has 0 saturated heterocycles. The van der Waals surface area contributed by atoms with E-state index >= 15 is 0 Å². The number of anilines is 1. The van der Waals surface area contributed by atoms with E-state index in [1.54, 1.807) is 0 Å². The van der Waals surface area contributed by atoms with Crippen molar-refractivity contribution in [2.45, 2.75) is 39.0 Å². The summed E-state index contributed by atoms with van der Waals surface area (Å²) in [6.45, 7) is 3.14. The maximum atomic E-state index is 8.82. The summed E-state index contributed by atoms with van der Waals surface area (Å²) in [5, 5.41) is 12.3. The summed E-state index contributed by atoms with van der Waals surface area (Å²) in [5.41, 5.74) is 3.08. The van der Waals surface area contributed by atoms with Crippen LogP contribution in [0.5, 0.6) is 0 Å². The summed E-state index contributed by atoms with van der Waals surface area (Å²) in [4.78, 5) is 0. The molecule has 1 saturated carbocycles. The van der Waals surface area contributed by atoms with E-state index in [0.717, 1.165) is 18.0 Å². The van der Waals surface area contributed by atoms with Crippen LogP contribution in [0.3, 0.4) is 0 Å². The van der Waals surface area contributed by atoms with Crippen LogP contribution in [0.2, 0.25) is 0 Å². The van der Waals surface area contributed by atoms with Crippen LogP contribution >= 0.6 is 0 Å². The van der Waals surface area contributed by atoms with Crippen molar-refractivity contribution in [3.8, 4) is 6.07 Å². The minimum absolute atomic E-state index is 0.741. The Labute approximate surface area is 104 Å². The van der Waals surface area contributed by atoms with Crippen molar-refractivity contribution in [1.29, 1.82) is 5.26 Å². The Morgan fingerprint density at radius 3 is 2.71 bits per heavy atom. The first-order chi connectivity index (χ1) is 8.29. The van der Waals surface area contributed by atoms with Gasteiger partial charge in [-0.25, -0.2) is 0 Å². The number of rotatable bonds is 3. The fraction of sp³-hybridized carbons (Fsp3) is 0.533. The third-order valence-corrected chi connectivity index (χ3v) is 3.66. The van der Waals surface area contributed by atoms with Crippen molar-refractivity contribution >= 4 is 5.69 Å². The second-order valence-electron chi connectivity index (χ2n) is 5.03. The quantitative estimate of drug-likeness (QED) is 0.852. The summed E-state index contributed by atoms with van der Waals surface area (Å²) in [6, 6.07) is 8.03. The Morgan fingerprint density at radius 2 is 2.06 bits per heavy atom. The minimum Gasteiger partial charge on any atom is -0.385 e. The maximum absolute atomic E-state index is 8.82. The van der Waals surface area contributed by atoms with Gasteiger partial charge in [-0.05, 0) is 49.4 Å². The molecular formula is C15H20N2. The molecular weight excluding hydrogens is 208 g/mol. The zero-order chi connectivity index (χ0) is 12.1. The topological polar surface area (TPSA) is 35.8 Å². The van der Waals surface area contributed by atoms with E-state index in [9.17, 15) is 0 Å². The van der Waals surface area contributed by atoms with E-state index in [0.29, 0.717) is 0 Å². The highest BCUT2D eigenvalue weighted by atomic mass is 14.9. The first-order valence-electron chi connectivity index (χ1n) is 6.54. The number of nitrogens with zero attached hydrogens (tertiary/aromatic N) is 1. The SMILES string of the molecule is Cc1cc(C#N)ccc1NCC1CCCCC1. The Bertz CT molecular complexity index is 411. The summed E-state index contributed by atoms with van der Waals surface area (Å²) in [5.74, 6) is 0.832. The van der Waals surface area contributed by atoms with Crippen molar-refractivity contribution in [2.24, 2.45) is 5.92 Å². The van der Waals surface area contributed by atoms with E-state index < -0.39 is 0 Å². The van der Waals surface area contributed by atoms with Gasteiger partial charge in [0, 0.05) is 12.2 Å². The molecule has 0 atom stereocenters. The Hall–Kier alpha value is -1.49. The summed E-state index contributed by atoms with van der Waals surface area (Å²) in [7, 11) is 0. The van der Waals surface area contributed by atoms with Gasteiger partial charge in [0.1, 0.15) is 0 Å². The van der Waals surface area contributed by atoms with Gasteiger partial charge in [0.15, 0.2) is 0 Å². The Morgan fingerprint density at radius 1 is 1.29 bits per heavy atom. The zero-order valence-corrected chi connectivity index (χ0v) is 10.5. The maximum Gasteiger partial charge on any atom is 0.0991 e. The molecule has 1 N–H and O–H groups in total. The summed E-state index contributed by atoms with van der Waals surface area (Å²) < 4.78 is 0. The minimum atomic E-state index is 0.741. The molecule has 2 rings (SSSR count).